The molecule has 0 amide bonds. The summed E-state index contributed by atoms with van der Waals surface area (Å²) in [5.74, 6) is 0.824. The molecule has 1 saturated heterocycles. The summed E-state index contributed by atoms with van der Waals surface area (Å²) in [5.41, 5.74) is 0.0662. The summed E-state index contributed by atoms with van der Waals surface area (Å²) in [6.07, 6.45) is 2.49. The van der Waals surface area contributed by atoms with Gasteiger partial charge in [-0.05, 0) is 45.7 Å². The van der Waals surface area contributed by atoms with E-state index >= 15 is 0 Å². The Hall–Kier alpha value is -0.0800. The van der Waals surface area contributed by atoms with Crippen LogP contribution in [0.15, 0.2) is 0 Å². The average Bonchev–Trinajstić information content (AvgIpc) is 2.39. The topological polar surface area (TPSA) is 21.3 Å². The van der Waals surface area contributed by atoms with Crippen molar-refractivity contribution < 1.29 is 4.74 Å². The molecule has 1 atom stereocenters. The normalized spacial score (nSPS) is 25.9. The van der Waals surface area contributed by atoms with Crippen LogP contribution in [0.1, 0.15) is 26.7 Å². The lowest BCUT2D eigenvalue weighted by atomic mass is 9.93. The van der Waals surface area contributed by atoms with Crippen molar-refractivity contribution in [3.63, 3.8) is 0 Å². The van der Waals surface area contributed by atoms with Gasteiger partial charge in [0.1, 0.15) is 0 Å². The van der Waals surface area contributed by atoms with E-state index in [9.17, 15) is 0 Å². The van der Waals surface area contributed by atoms with Gasteiger partial charge in [0.25, 0.3) is 0 Å². The lowest BCUT2D eigenvalue weighted by Crippen LogP contribution is -2.27. The molecule has 0 aromatic heterocycles. The maximum absolute atomic E-state index is 5.37. The molecule has 66 valence electrons. The molecule has 0 aromatic rings. The standard InChI is InChI=1S/C9H19NO/c1-9(2,11-3)6-8-4-5-10-7-8/h8,10H,4-7H2,1-3H3. The van der Waals surface area contributed by atoms with Crippen LogP contribution < -0.4 is 5.32 Å². The van der Waals surface area contributed by atoms with E-state index in [2.05, 4.69) is 19.2 Å². The minimum absolute atomic E-state index is 0.0662. The molecule has 0 radical (unpaired) electrons. The van der Waals surface area contributed by atoms with Gasteiger partial charge in [-0.1, -0.05) is 0 Å². The van der Waals surface area contributed by atoms with Crippen LogP contribution in [0.25, 0.3) is 0 Å². The first-order valence-corrected chi connectivity index (χ1v) is 4.40. The second-order valence-corrected chi connectivity index (χ2v) is 4.03. The molecular formula is C9H19NO. The maximum Gasteiger partial charge on any atom is 0.0625 e. The zero-order chi connectivity index (χ0) is 8.32. The van der Waals surface area contributed by atoms with Crippen LogP contribution in [0.2, 0.25) is 0 Å². The van der Waals surface area contributed by atoms with Crippen molar-refractivity contribution in [1.82, 2.24) is 5.32 Å². The van der Waals surface area contributed by atoms with E-state index in [-0.39, 0.29) is 5.60 Å². The average molecular weight is 157 g/mol. The summed E-state index contributed by atoms with van der Waals surface area (Å²) in [4.78, 5) is 0. The molecule has 2 nitrogen and oxygen atoms in total. The maximum atomic E-state index is 5.37. The second-order valence-electron chi connectivity index (χ2n) is 4.03. The van der Waals surface area contributed by atoms with Gasteiger partial charge in [0.15, 0.2) is 0 Å². The quantitative estimate of drug-likeness (QED) is 0.669. The van der Waals surface area contributed by atoms with E-state index in [4.69, 9.17) is 4.74 Å². The third kappa shape index (κ3) is 2.80. The van der Waals surface area contributed by atoms with Crippen LogP contribution in [0.5, 0.6) is 0 Å². The number of ether oxygens (including phenoxy) is 1. The first kappa shape index (κ1) is 9.01. The van der Waals surface area contributed by atoms with Crippen LogP contribution in [0, 0.1) is 5.92 Å². The van der Waals surface area contributed by atoms with Crippen molar-refractivity contribution in [2.45, 2.75) is 32.3 Å². The van der Waals surface area contributed by atoms with Crippen LogP contribution in [-0.2, 0) is 4.74 Å². The van der Waals surface area contributed by atoms with Gasteiger partial charge in [0.2, 0.25) is 0 Å². The van der Waals surface area contributed by atoms with Gasteiger partial charge in [-0.25, -0.2) is 0 Å². The van der Waals surface area contributed by atoms with E-state index in [0.29, 0.717) is 0 Å². The van der Waals surface area contributed by atoms with Crippen molar-refractivity contribution in [1.29, 1.82) is 0 Å². The molecule has 1 unspecified atom stereocenters. The van der Waals surface area contributed by atoms with Crippen molar-refractivity contribution in [2.75, 3.05) is 20.2 Å². The predicted octanol–water partition coefficient (Wildman–Crippen LogP) is 1.41. The van der Waals surface area contributed by atoms with Crippen molar-refractivity contribution in [2.24, 2.45) is 5.92 Å². The fourth-order valence-corrected chi connectivity index (χ4v) is 1.67. The number of methoxy groups -OCH3 is 1. The number of nitrogens with one attached hydrogen (secondary N) is 1. The molecule has 0 bridgehead atoms. The van der Waals surface area contributed by atoms with Crippen molar-refractivity contribution >= 4 is 0 Å². The monoisotopic (exact) mass is 157 g/mol. The predicted molar refractivity (Wildman–Crippen MR) is 46.7 cm³/mol. The number of hydrogen-bond acceptors (Lipinski definition) is 2. The number of hydrogen-bond donors (Lipinski definition) is 1. The van der Waals surface area contributed by atoms with Gasteiger partial charge < -0.3 is 10.1 Å². The molecule has 1 aliphatic rings. The summed E-state index contributed by atoms with van der Waals surface area (Å²) in [6, 6.07) is 0. The molecule has 1 heterocycles. The lowest BCUT2D eigenvalue weighted by Gasteiger charge is -2.25. The van der Waals surface area contributed by atoms with Gasteiger partial charge >= 0.3 is 0 Å². The van der Waals surface area contributed by atoms with Crippen molar-refractivity contribution in [3.05, 3.63) is 0 Å². The molecule has 1 rings (SSSR count). The Morgan fingerprint density at radius 3 is 2.73 bits per heavy atom. The van der Waals surface area contributed by atoms with Crippen LogP contribution in [0.3, 0.4) is 0 Å². The third-order valence-electron chi connectivity index (χ3n) is 2.50. The fourth-order valence-electron chi connectivity index (χ4n) is 1.67. The molecule has 0 spiro atoms. The Balaban J connectivity index is 2.28. The van der Waals surface area contributed by atoms with Gasteiger partial charge in [-0.2, -0.15) is 0 Å². The Bertz CT molecular complexity index is 117. The van der Waals surface area contributed by atoms with Crippen LogP contribution in [0.4, 0.5) is 0 Å². The zero-order valence-electron chi connectivity index (χ0n) is 7.81. The third-order valence-corrected chi connectivity index (χ3v) is 2.50. The molecule has 1 N–H and O–H groups in total. The summed E-state index contributed by atoms with van der Waals surface area (Å²) < 4.78 is 5.37. The molecule has 1 fully saturated rings. The second kappa shape index (κ2) is 3.55. The van der Waals surface area contributed by atoms with Crippen LogP contribution in [-0.4, -0.2) is 25.8 Å². The van der Waals surface area contributed by atoms with Crippen molar-refractivity contribution in [3.8, 4) is 0 Å². The first-order chi connectivity index (χ1) is 5.14. The molecule has 0 saturated carbocycles. The van der Waals surface area contributed by atoms with E-state index < -0.39 is 0 Å². The summed E-state index contributed by atoms with van der Waals surface area (Å²) in [6.45, 7) is 6.67. The highest BCUT2D eigenvalue weighted by Gasteiger charge is 2.24. The van der Waals surface area contributed by atoms with E-state index in [1.807, 2.05) is 0 Å². The SMILES string of the molecule is COC(C)(C)CC1CCNC1. The summed E-state index contributed by atoms with van der Waals surface area (Å²) >= 11 is 0. The van der Waals surface area contributed by atoms with Crippen LogP contribution >= 0.6 is 0 Å². The highest BCUT2D eigenvalue weighted by molar-refractivity contribution is 4.79. The largest absolute Gasteiger partial charge is 0.379 e. The minimum atomic E-state index is 0.0662. The highest BCUT2D eigenvalue weighted by atomic mass is 16.5. The van der Waals surface area contributed by atoms with Gasteiger partial charge in [-0.15, -0.1) is 0 Å². The molecule has 11 heavy (non-hydrogen) atoms. The summed E-state index contributed by atoms with van der Waals surface area (Å²) in [5, 5.41) is 3.36. The highest BCUT2D eigenvalue weighted by Crippen LogP contribution is 2.23. The summed E-state index contributed by atoms with van der Waals surface area (Å²) in [7, 11) is 1.79. The first-order valence-electron chi connectivity index (χ1n) is 4.40. The fraction of sp³-hybridized carbons (Fsp3) is 1.00. The Labute approximate surface area is 69.3 Å². The molecular weight excluding hydrogens is 138 g/mol. The Morgan fingerprint density at radius 2 is 2.27 bits per heavy atom. The molecule has 0 aliphatic carbocycles. The zero-order valence-corrected chi connectivity index (χ0v) is 7.81. The molecule has 1 aliphatic heterocycles. The number of rotatable bonds is 3. The van der Waals surface area contributed by atoms with E-state index in [1.165, 1.54) is 25.9 Å². The lowest BCUT2D eigenvalue weighted by molar-refractivity contribution is 0.00401. The Morgan fingerprint density at radius 1 is 1.55 bits per heavy atom. The molecule has 2 heteroatoms. The Kier molecular flexibility index (Phi) is 2.90. The van der Waals surface area contributed by atoms with Gasteiger partial charge in [0.05, 0.1) is 5.60 Å². The van der Waals surface area contributed by atoms with E-state index in [0.717, 1.165) is 5.92 Å². The minimum Gasteiger partial charge on any atom is -0.379 e. The molecule has 0 aromatic carbocycles. The van der Waals surface area contributed by atoms with Gasteiger partial charge in [-0.3, -0.25) is 0 Å². The van der Waals surface area contributed by atoms with Gasteiger partial charge in [0, 0.05) is 7.11 Å². The smallest absolute Gasteiger partial charge is 0.0625 e. The van der Waals surface area contributed by atoms with E-state index in [1.54, 1.807) is 7.11 Å².